The average molecular weight is 651 g/mol. The van der Waals surface area contributed by atoms with Crippen molar-refractivity contribution < 1.29 is 20.8 Å². The van der Waals surface area contributed by atoms with E-state index in [2.05, 4.69) is 135 Å². The molecule has 1 heterocycles. The summed E-state index contributed by atoms with van der Waals surface area (Å²) in [5.74, 6) is 0. The number of hydrogen-bond acceptors (Lipinski definition) is 0. The number of benzene rings is 5. The van der Waals surface area contributed by atoms with Crippen LogP contribution in [-0.4, -0.2) is 9.52 Å². The number of hydrogen-bond donors (Lipinski definition) is 0. The maximum atomic E-state index is 4.93. The number of rotatable bonds is 3. The van der Waals surface area contributed by atoms with Crippen molar-refractivity contribution >= 4 is 47.7 Å². The molecule has 2 radical (unpaired) electrons. The van der Waals surface area contributed by atoms with Crippen molar-refractivity contribution in [2.24, 2.45) is 0 Å². The molecule has 6 aromatic rings. The van der Waals surface area contributed by atoms with Crippen molar-refractivity contribution in [3.05, 3.63) is 139 Å². The summed E-state index contributed by atoms with van der Waals surface area (Å²) in [7, 11) is 10.7. The summed E-state index contributed by atoms with van der Waals surface area (Å²) in [5, 5.41) is 5.50. The van der Waals surface area contributed by atoms with Crippen molar-refractivity contribution in [1.82, 2.24) is 0 Å². The Hall–Kier alpha value is -2.61. The largest absolute Gasteiger partial charge is 0.184 e. The number of halogens is 2. The van der Waals surface area contributed by atoms with Gasteiger partial charge in [-0.2, -0.15) is 29.5 Å². The van der Waals surface area contributed by atoms with E-state index in [1.165, 1.54) is 65.7 Å². The third-order valence-corrected chi connectivity index (χ3v) is 8.58. The quantitative estimate of drug-likeness (QED) is 0.132. The molecule has 0 amide bonds. The third-order valence-electron chi connectivity index (χ3n) is 7.21. The zero-order valence-corrected chi connectivity index (χ0v) is 27.5. The molecule has 1 aliphatic heterocycles. The van der Waals surface area contributed by atoms with Gasteiger partial charge >= 0.3 is 37.9 Å². The van der Waals surface area contributed by atoms with E-state index < -0.39 is 20.8 Å². The van der Waals surface area contributed by atoms with Gasteiger partial charge in [-0.05, 0) is 30.0 Å². The van der Waals surface area contributed by atoms with E-state index in [9.17, 15) is 0 Å². The summed E-state index contributed by atoms with van der Waals surface area (Å²) in [4.78, 5) is 0. The van der Waals surface area contributed by atoms with E-state index >= 15 is 0 Å². The second-order valence-electron chi connectivity index (χ2n) is 9.58. The number of fused-ring (bicyclic) bond motifs is 4. The Morgan fingerprint density at radius 2 is 1.45 bits per heavy atom. The Morgan fingerprint density at radius 1 is 0.775 bits per heavy atom. The molecular formula is C36H28Cl2SiZr. The van der Waals surface area contributed by atoms with Crippen LogP contribution in [0.2, 0.25) is 0 Å². The van der Waals surface area contributed by atoms with Gasteiger partial charge in [0.2, 0.25) is 0 Å². The first-order valence-electron chi connectivity index (χ1n) is 13.3. The Balaban J connectivity index is 0.000000168. The molecule has 0 saturated carbocycles. The Labute approximate surface area is 258 Å². The van der Waals surface area contributed by atoms with Crippen molar-refractivity contribution in [2.75, 3.05) is 0 Å². The Morgan fingerprint density at radius 3 is 2.23 bits per heavy atom. The zero-order chi connectivity index (χ0) is 27.9. The van der Waals surface area contributed by atoms with Gasteiger partial charge in [0.1, 0.15) is 0 Å². The van der Waals surface area contributed by atoms with Gasteiger partial charge in [0.15, 0.2) is 0 Å². The summed E-state index contributed by atoms with van der Waals surface area (Å²) >= 11 is -0.826. The zero-order valence-electron chi connectivity index (χ0n) is 22.5. The maximum absolute atomic E-state index is 4.93. The molecule has 0 N–H and O–H groups in total. The van der Waals surface area contributed by atoms with Gasteiger partial charge in [0, 0.05) is 0 Å². The van der Waals surface area contributed by atoms with Crippen molar-refractivity contribution in [2.45, 2.75) is 20.3 Å². The first kappa shape index (κ1) is 28.9. The fraction of sp³-hybridized carbons (Fsp3) is 0.0833. The SMILES string of the molecule is CCc1ccccc1-c1c(C)ccc2[cH-]c(-c3ccccc3)cc12.[Cl][Zr+2][Cl].[c-]1cccc2c1[Si]c1ccccc1-2. The molecule has 0 spiro atoms. The molecule has 1 aliphatic rings. The van der Waals surface area contributed by atoms with E-state index in [-0.39, 0.29) is 0 Å². The van der Waals surface area contributed by atoms with Gasteiger partial charge in [-0.3, -0.25) is 0 Å². The summed E-state index contributed by atoms with van der Waals surface area (Å²) < 4.78 is 0. The summed E-state index contributed by atoms with van der Waals surface area (Å²) in [6, 6.07) is 46.7. The van der Waals surface area contributed by atoms with E-state index in [4.69, 9.17) is 17.0 Å². The molecule has 6 aromatic carbocycles. The molecule has 194 valence electrons. The van der Waals surface area contributed by atoms with Crippen LogP contribution in [0.4, 0.5) is 0 Å². The fourth-order valence-corrected chi connectivity index (χ4v) is 6.65. The molecule has 7 rings (SSSR count). The minimum atomic E-state index is -0.826. The predicted molar refractivity (Wildman–Crippen MR) is 172 cm³/mol. The monoisotopic (exact) mass is 648 g/mol. The average Bonchev–Trinajstić information content (AvgIpc) is 3.60. The van der Waals surface area contributed by atoms with E-state index in [1.807, 2.05) is 6.07 Å². The van der Waals surface area contributed by atoms with Crippen LogP contribution in [0.15, 0.2) is 121 Å². The van der Waals surface area contributed by atoms with Gasteiger partial charge in [0.25, 0.3) is 0 Å². The minimum Gasteiger partial charge on any atom is -0.184 e. The molecule has 0 nitrogen and oxygen atoms in total. The number of aryl methyl sites for hydroxylation is 2. The molecule has 0 fully saturated rings. The molecule has 0 aromatic heterocycles. The fourth-order valence-electron chi connectivity index (χ4n) is 5.34. The van der Waals surface area contributed by atoms with Crippen LogP contribution in [0.3, 0.4) is 0 Å². The smallest absolute Gasteiger partial charge is 0.0920 e. The van der Waals surface area contributed by atoms with Crippen LogP contribution >= 0.6 is 17.0 Å². The maximum Gasteiger partial charge on any atom is 0.0920 e. The molecule has 4 heteroatoms. The van der Waals surface area contributed by atoms with Crippen LogP contribution in [-0.2, 0) is 27.3 Å². The van der Waals surface area contributed by atoms with E-state index in [0.717, 1.165) is 15.9 Å². The molecule has 0 aliphatic carbocycles. The van der Waals surface area contributed by atoms with Crippen LogP contribution in [0.1, 0.15) is 18.1 Å². The Bertz CT molecular complexity index is 1680. The van der Waals surface area contributed by atoms with Crippen LogP contribution in [0.25, 0.3) is 44.2 Å². The van der Waals surface area contributed by atoms with E-state index in [0.29, 0.717) is 0 Å². The van der Waals surface area contributed by atoms with Crippen LogP contribution < -0.4 is 10.4 Å². The molecule has 0 unspecified atom stereocenters. The van der Waals surface area contributed by atoms with E-state index in [1.54, 1.807) is 0 Å². The van der Waals surface area contributed by atoms with Gasteiger partial charge < -0.3 is 0 Å². The molecule has 0 bridgehead atoms. The van der Waals surface area contributed by atoms with Gasteiger partial charge in [-0.25, -0.2) is 0 Å². The molecule has 0 atom stereocenters. The van der Waals surface area contributed by atoms with Gasteiger partial charge in [-0.15, -0.1) is 40.1 Å². The van der Waals surface area contributed by atoms with Gasteiger partial charge in [-0.1, -0.05) is 114 Å². The summed E-state index contributed by atoms with van der Waals surface area (Å²) in [6.45, 7) is 4.45. The first-order valence-corrected chi connectivity index (χ1v) is 20.6. The van der Waals surface area contributed by atoms with Crippen LogP contribution in [0.5, 0.6) is 0 Å². The van der Waals surface area contributed by atoms with Crippen LogP contribution in [0, 0.1) is 13.0 Å². The Kier molecular flexibility index (Phi) is 10.00. The van der Waals surface area contributed by atoms with Crippen molar-refractivity contribution in [3.8, 4) is 33.4 Å². The van der Waals surface area contributed by atoms with Crippen molar-refractivity contribution in [3.63, 3.8) is 0 Å². The standard InChI is InChI=1S/C24H21.C12H7Si.2ClH.Zr/c1-3-18-9-7-8-12-22(18)24-17(2)13-14-20-15-21(16-23(20)24)19-10-5-4-6-11-19;1-3-7-11-9(5-1)10-6-2-4-8-12(10)13-11;;;/h4-16H,3H2,1-2H3;1-7H;2*1H;/q2*-1;;;+4/p-2. The molecule has 0 saturated heterocycles. The topological polar surface area (TPSA) is 0 Å². The summed E-state index contributed by atoms with van der Waals surface area (Å²) in [5.41, 5.74) is 10.8. The van der Waals surface area contributed by atoms with Crippen molar-refractivity contribution in [1.29, 1.82) is 0 Å². The molecular weight excluding hydrogens is 623 g/mol. The normalized spacial score (nSPS) is 10.9. The van der Waals surface area contributed by atoms with Gasteiger partial charge in [0.05, 0.1) is 9.52 Å². The summed E-state index contributed by atoms with van der Waals surface area (Å²) in [6.07, 6.45) is 1.05. The molecule has 40 heavy (non-hydrogen) atoms. The second-order valence-corrected chi connectivity index (χ2v) is 14.6. The third kappa shape index (κ3) is 6.32. The predicted octanol–water partition coefficient (Wildman–Crippen LogP) is 9.26. The first-order chi connectivity index (χ1) is 19.6. The second kappa shape index (κ2) is 13.8. The minimum absolute atomic E-state index is 0.795.